The van der Waals surface area contributed by atoms with Crippen molar-refractivity contribution in [3.63, 3.8) is 0 Å². The van der Waals surface area contributed by atoms with Crippen LogP contribution in [0.15, 0.2) is 47.4 Å². The quantitative estimate of drug-likeness (QED) is 0.287. The molecule has 12 nitrogen and oxygen atoms in total. The highest BCUT2D eigenvalue weighted by molar-refractivity contribution is 6.33. The minimum Gasteiger partial charge on any atom is -0.505 e. The zero-order chi connectivity index (χ0) is 35.8. The van der Waals surface area contributed by atoms with Crippen molar-refractivity contribution in [1.82, 2.24) is 29.0 Å². The van der Waals surface area contributed by atoms with Crippen LogP contribution in [-0.4, -0.2) is 71.8 Å². The highest BCUT2D eigenvalue weighted by Crippen LogP contribution is 2.59. The molecule has 3 aromatic heterocycles. The van der Waals surface area contributed by atoms with Crippen molar-refractivity contribution in [3.8, 4) is 5.75 Å². The van der Waals surface area contributed by atoms with Crippen molar-refractivity contribution < 1.29 is 32.6 Å². The molecule has 4 aliphatic rings. The number of pyridine rings is 1. The molecule has 0 unspecified atom stereocenters. The topological polar surface area (TPSA) is 144 Å². The first-order chi connectivity index (χ1) is 24.4. The molecule has 266 valence electrons. The molecular weight excluding hydrogens is 691 g/mol. The van der Waals surface area contributed by atoms with Gasteiger partial charge in [0.1, 0.15) is 12.3 Å². The van der Waals surface area contributed by atoms with E-state index in [1.54, 1.807) is 15.5 Å². The number of alkyl halides is 3. The van der Waals surface area contributed by atoms with Crippen LogP contribution in [0.1, 0.15) is 78.1 Å². The number of nitrogens with zero attached hydrogens (tertiary/aromatic N) is 6. The van der Waals surface area contributed by atoms with E-state index in [2.05, 4.69) is 15.4 Å². The molecule has 8 rings (SSSR count). The Hall–Kier alpha value is -4.76. The van der Waals surface area contributed by atoms with Crippen molar-refractivity contribution in [2.24, 2.45) is 5.92 Å². The standard InChI is InChI=1S/C35H33ClF3N7O5/c1-18-16-34(10-12-44(24-7-5-21(24)34)32(50)28-25(47)3-2-11-40-28)27-29(18)45(17-26(48)41-23-6-4-20(15-22(23)36)35(37,38)39)33-42-30(43-46(33)31(27)49)19-8-13-51-14-9-19/h2-4,6,8,11,15,18,21,24,47H,5,7,9-10,12-14,16-17H2,1H3,(H,41,48)/t18-,21-,24+,34+/m0/s1. The zero-order valence-corrected chi connectivity index (χ0v) is 28.2. The normalized spacial score (nSPS) is 24.2. The van der Waals surface area contributed by atoms with Gasteiger partial charge in [-0.1, -0.05) is 24.6 Å². The average Bonchev–Trinajstić information content (AvgIpc) is 3.65. The predicted molar refractivity (Wildman–Crippen MR) is 179 cm³/mol. The number of rotatable bonds is 5. The summed E-state index contributed by atoms with van der Waals surface area (Å²) in [6, 6.07) is 5.51. The van der Waals surface area contributed by atoms with Crippen LogP contribution in [0.2, 0.25) is 5.02 Å². The monoisotopic (exact) mass is 723 g/mol. The van der Waals surface area contributed by atoms with Crippen LogP contribution < -0.4 is 10.9 Å². The molecule has 1 spiro atoms. The van der Waals surface area contributed by atoms with Gasteiger partial charge in [0.25, 0.3) is 11.5 Å². The molecule has 5 heterocycles. The van der Waals surface area contributed by atoms with Gasteiger partial charge in [0.05, 0.1) is 29.5 Å². The van der Waals surface area contributed by atoms with Gasteiger partial charge in [-0.05, 0) is 79.8 Å². The maximum atomic E-state index is 14.6. The number of amides is 2. The third-order valence-electron chi connectivity index (χ3n) is 10.9. The van der Waals surface area contributed by atoms with E-state index < -0.39 is 23.1 Å². The number of aromatic hydroxyl groups is 1. The van der Waals surface area contributed by atoms with Crippen molar-refractivity contribution in [1.29, 1.82) is 0 Å². The maximum absolute atomic E-state index is 14.6. The molecule has 1 saturated heterocycles. The van der Waals surface area contributed by atoms with Gasteiger partial charge in [-0.15, -0.1) is 5.10 Å². The lowest BCUT2D eigenvalue weighted by Gasteiger charge is -2.57. The first-order valence-corrected chi connectivity index (χ1v) is 17.2. The first kappa shape index (κ1) is 33.4. The molecule has 0 radical (unpaired) electrons. The van der Waals surface area contributed by atoms with Gasteiger partial charge in [-0.3, -0.25) is 14.4 Å². The highest BCUT2D eigenvalue weighted by atomic mass is 35.5. The largest absolute Gasteiger partial charge is 0.505 e. The molecule has 4 atom stereocenters. The van der Waals surface area contributed by atoms with Crippen LogP contribution in [-0.2, 0) is 27.7 Å². The summed E-state index contributed by atoms with van der Waals surface area (Å²) in [6.45, 7) is 2.85. The van der Waals surface area contributed by atoms with E-state index in [-0.39, 0.29) is 63.8 Å². The minimum absolute atomic E-state index is 0.00991. The van der Waals surface area contributed by atoms with Crippen molar-refractivity contribution in [3.05, 3.63) is 86.3 Å². The molecule has 2 aliphatic carbocycles. The summed E-state index contributed by atoms with van der Waals surface area (Å²) < 4.78 is 48.2. The number of carbonyl (C=O) groups excluding carboxylic acids is 2. The van der Waals surface area contributed by atoms with E-state index in [0.29, 0.717) is 56.1 Å². The Bertz CT molecular complexity index is 2200. The van der Waals surface area contributed by atoms with E-state index in [9.17, 15) is 32.7 Å². The number of aromatic nitrogens is 5. The number of ether oxygens (including phenoxy) is 1. The van der Waals surface area contributed by atoms with Crippen molar-refractivity contribution in [2.45, 2.75) is 69.1 Å². The Kier molecular flexibility index (Phi) is 7.98. The Morgan fingerprint density at radius 1 is 1.22 bits per heavy atom. The molecule has 1 aromatic carbocycles. The predicted octanol–water partition coefficient (Wildman–Crippen LogP) is 5.18. The molecule has 2 N–H and O–H groups in total. The van der Waals surface area contributed by atoms with Gasteiger partial charge in [-0.2, -0.15) is 22.7 Å². The van der Waals surface area contributed by atoms with Gasteiger partial charge in [0, 0.05) is 35.5 Å². The number of fused-ring (bicyclic) bond motifs is 5. The number of halogens is 4. The van der Waals surface area contributed by atoms with E-state index in [1.807, 2.05) is 13.0 Å². The van der Waals surface area contributed by atoms with Crippen LogP contribution >= 0.6 is 11.6 Å². The Balaban J connectivity index is 1.20. The number of hydrogen-bond donors (Lipinski definition) is 2. The van der Waals surface area contributed by atoms with Gasteiger partial charge < -0.3 is 24.6 Å². The van der Waals surface area contributed by atoms with Crippen LogP contribution in [0.3, 0.4) is 0 Å². The first-order valence-electron chi connectivity index (χ1n) is 16.8. The average molecular weight is 724 g/mol. The number of carbonyl (C=O) groups is 2. The SMILES string of the molecule is C[C@H]1C[C@@]2(CCN(C(=O)c3ncccc3O)[C@@H]3CC[C@@H]32)c2c1n(CC(=O)Nc1ccc(C(F)(F)F)cc1Cl)c1nc(C3=CCOCC3)nn1c2=O. The molecule has 0 bridgehead atoms. The molecule has 2 amide bonds. The van der Waals surface area contributed by atoms with Crippen LogP contribution in [0.25, 0.3) is 11.4 Å². The number of likely N-dealkylation sites (tertiary alicyclic amines) is 1. The molecule has 2 aliphatic heterocycles. The molecular formula is C35H33ClF3N7O5. The molecule has 1 saturated carbocycles. The molecule has 51 heavy (non-hydrogen) atoms. The summed E-state index contributed by atoms with van der Waals surface area (Å²) in [5, 5.41) is 17.4. The Morgan fingerprint density at radius 2 is 2.04 bits per heavy atom. The lowest BCUT2D eigenvalue weighted by Crippen LogP contribution is -2.63. The molecule has 4 aromatic rings. The summed E-state index contributed by atoms with van der Waals surface area (Å²) >= 11 is 6.17. The van der Waals surface area contributed by atoms with Crippen LogP contribution in [0.4, 0.5) is 18.9 Å². The number of benzene rings is 1. The summed E-state index contributed by atoms with van der Waals surface area (Å²) in [4.78, 5) is 52.6. The summed E-state index contributed by atoms with van der Waals surface area (Å²) in [5.41, 5.74) is 0.106. The maximum Gasteiger partial charge on any atom is 0.416 e. The fraction of sp³-hybridized carbons (Fsp3) is 0.429. The van der Waals surface area contributed by atoms with Gasteiger partial charge in [-0.25, -0.2) is 4.98 Å². The third-order valence-corrected chi connectivity index (χ3v) is 11.3. The lowest BCUT2D eigenvalue weighted by atomic mass is 9.55. The second-order valence-corrected chi connectivity index (χ2v) is 14.1. The van der Waals surface area contributed by atoms with E-state index >= 15 is 0 Å². The number of nitrogens with one attached hydrogen (secondary N) is 1. The Morgan fingerprint density at radius 3 is 2.73 bits per heavy atom. The third kappa shape index (κ3) is 5.39. The second-order valence-electron chi connectivity index (χ2n) is 13.7. The summed E-state index contributed by atoms with van der Waals surface area (Å²) in [7, 11) is 0. The van der Waals surface area contributed by atoms with Crippen molar-refractivity contribution >= 4 is 40.5 Å². The minimum atomic E-state index is -4.60. The summed E-state index contributed by atoms with van der Waals surface area (Å²) in [5.74, 6) is -0.873. The molecule has 2 fully saturated rings. The van der Waals surface area contributed by atoms with Crippen LogP contribution in [0.5, 0.6) is 5.75 Å². The van der Waals surface area contributed by atoms with E-state index in [0.717, 1.165) is 36.6 Å². The Labute approximate surface area is 293 Å². The fourth-order valence-corrected chi connectivity index (χ4v) is 8.86. The van der Waals surface area contributed by atoms with E-state index in [4.69, 9.17) is 21.3 Å². The fourth-order valence-electron chi connectivity index (χ4n) is 8.63. The van der Waals surface area contributed by atoms with Crippen LogP contribution in [0, 0.1) is 5.92 Å². The highest BCUT2D eigenvalue weighted by Gasteiger charge is 2.60. The number of piperidine rings is 1. The zero-order valence-electron chi connectivity index (χ0n) is 27.4. The van der Waals surface area contributed by atoms with Gasteiger partial charge in [0.15, 0.2) is 11.5 Å². The number of hydrogen-bond acceptors (Lipinski definition) is 8. The second kappa shape index (κ2) is 12.2. The summed E-state index contributed by atoms with van der Waals surface area (Å²) in [6.07, 6.45) is 1.83. The molecule has 16 heteroatoms. The number of anilines is 1. The van der Waals surface area contributed by atoms with Gasteiger partial charge >= 0.3 is 6.18 Å². The lowest BCUT2D eigenvalue weighted by molar-refractivity contribution is -0.137. The smallest absolute Gasteiger partial charge is 0.416 e. The van der Waals surface area contributed by atoms with Gasteiger partial charge in [0.2, 0.25) is 11.7 Å². The van der Waals surface area contributed by atoms with Crippen molar-refractivity contribution in [2.75, 3.05) is 25.1 Å². The van der Waals surface area contributed by atoms with E-state index in [1.165, 1.54) is 16.8 Å².